The number of carbonyl (C=O) groups is 1. The smallest absolute Gasteiger partial charge is 0.418 e. The van der Waals surface area contributed by atoms with Crippen LogP contribution in [-0.4, -0.2) is 26.1 Å². The van der Waals surface area contributed by atoms with Crippen molar-refractivity contribution < 1.29 is 23.1 Å². The van der Waals surface area contributed by atoms with Crippen LogP contribution in [0.1, 0.15) is 28.7 Å². The summed E-state index contributed by atoms with van der Waals surface area (Å²) in [4.78, 5) is 11.0. The minimum Gasteiger partial charge on any atom is -0.476 e. The van der Waals surface area contributed by atoms with Crippen LogP contribution in [0, 0.1) is 0 Å². The Labute approximate surface area is 125 Å². The Balaban J connectivity index is 2.71. The first-order valence-corrected chi connectivity index (χ1v) is 6.60. The lowest BCUT2D eigenvalue weighted by Crippen LogP contribution is -2.14. The van der Waals surface area contributed by atoms with Crippen molar-refractivity contribution in [2.75, 3.05) is 0 Å². The van der Waals surface area contributed by atoms with Gasteiger partial charge in [0.25, 0.3) is 0 Å². The first kappa shape index (κ1) is 15.5. The average Bonchev–Trinajstić information content (AvgIpc) is 2.81. The normalized spacial score (nSPS) is 11.7. The van der Waals surface area contributed by atoms with Gasteiger partial charge in [0, 0.05) is 4.47 Å². The van der Waals surface area contributed by atoms with E-state index in [0.29, 0.717) is 0 Å². The monoisotopic (exact) mass is 363 g/mol. The van der Waals surface area contributed by atoms with Crippen molar-refractivity contribution in [1.29, 1.82) is 0 Å². The number of nitrogens with zero attached hydrogens (tertiary/aromatic N) is 3. The summed E-state index contributed by atoms with van der Waals surface area (Å²) in [6, 6.07) is 3.55. The minimum atomic E-state index is -4.60. The van der Waals surface area contributed by atoms with Gasteiger partial charge in [-0.2, -0.15) is 13.2 Å². The zero-order valence-electron chi connectivity index (χ0n) is 10.6. The summed E-state index contributed by atoms with van der Waals surface area (Å²) in [7, 11) is 0. The van der Waals surface area contributed by atoms with Crippen LogP contribution in [0.3, 0.4) is 0 Å². The average molecular weight is 364 g/mol. The van der Waals surface area contributed by atoms with Gasteiger partial charge in [-0.1, -0.05) is 28.1 Å². The van der Waals surface area contributed by atoms with Crippen molar-refractivity contribution in [2.24, 2.45) is 0 Å². The number of aromatic carboxylic acids is 1. The molecule has 2 rings (SSSR count). The van der Waals surface area contributed by atoms with E-state index < -0.39 is 17.7 Å². The molecule has 0 aliphatic heterocycles. The molecule has 1 heterocycles. The predicted octanol–water partition coefficient (Wildman–Crippen LogP) is 3.31. The zero-order chi connectivity index (χ0) is 15.8. The van der Waals surface area contributed by atoms with Crippen molar-refractivity contribution in [3.63, 3.8) is 0 Å². The molecule has 1 N–H and O–H groups in total. The van der Waals surface area contributed by atoms with E-state index in [-0.39, 0.29) is 28.0 Å². The van der Waals surface area contributed by atoms with E-state index in [9.17, 15) is 18.0 Å². The van der Waals surface area contributed by atoms with Crippen LogP contribution in [0.25, 0.3) is 5.69 Å². The highest BCUT2D eigenvalue weighted by atomic mass is 79.9. The van der Waals surface area contributed by atoms with Crippen molar-refractivity contribution in [2.45, 2.75) is 19.5 Å². The van der Waals surface area contributed by atoms with E-state index in [4.69, 9.17) is 5.11 Å². The maximum atomic E-state index is 13.1. The molecule has 112 valence electrons. The standard InChI is InChI=1S/C12H9BrF3N3O2/c1-2-8-10(11(20)21)17-18-19(8)9-4-3-6(13)5-7(9)12(14,15)16/h3-5H,2H2,1H3,(H,20,21). The van der Waals surface area contributed by atoms with Gasteiger partial charge in [0.2, 0.25) is 0 Å². The number of hydrogen-bond acceptors (Lipinski definition) is 3. The maximum absolute atomic E-state index is 13.1. The highest BCUT2D eigenvalue weighted by molar-refractivity contribution is 9.10. The van der Waals surface area contributed by atoms with E-state index in [1.807, 2.05) is 0 Å². The van der Waals surface area contributed by atoms with Crippen LogP contribution in [0.5, 0.6) is 0 Å². The quantitative estimate of drug-likeness (QED) is 0.908. The lowest BCUT2D eigenvalue weighted by Gasteiger charge is -2.14. The lowest BCUT2D eigenvalue weighted by molar-refractivity contribution is -0.137. The summed E-state index contributed by atoms with van der Waals surface area (Å²) in [5, 5.41) is 16.0. The highest BCUT2D eigenvalue weighted by Crippen LogP contribution is 2.36. The molecule has 0 aliphatic carbocycles. The summed E-state index contributed by atoms with van der Waals surface area (Å²) in [5.41, 5.74) is -1.43. The largest absolute Gasteiger partial charge is 0.476 e. The summed E-state index contributed by atoms with van der Waals surface area (Å²) in [6.45, 7) is 1.62. The summed E-state index contributed by atoms with van der Waals surface area (Å²) >= 11 is 2.99. The molecule has 0 unspecified atom stereocenters. The van der Waals surface area contributed by atoms with E-state index in [2.05, 4.69) is 26.2 Å². The van der Waals surface area contributed by atoms with Gasteiger partial charge in [-0.25, -0.2) is 9.48 Å². The van der Waals surface area contributed by atoms with Gasteiger partial charge in [0.15, 0.2) is 5.69 Å². The van der Waals surface area contributed by atoms with Crippen molar-refractivity contribution in [3.05, 3.63) is 39.6 Å². The van der Waals surface area contributed by atoms with Gasteiger partial charge in [-0.3, -0.25) is 0 Å². The molecule has 0 aliphatic rings. The fourth-order valence-corrected chi connectivity index (χ4v) is 2.26. The molecule has 0 bridgehead atoms. The molecule has 2 aromatic rings. The fourth-order valence-electron chi connectivity index (χ4n) is 1.90. The fraction of sp³-hybridized carbons (Fsp3) is 0.250. The topological polar surface area (TPSA) is 68.0 Å². The van der Waals surface area contributed by atoms with Gasteiger partial charge in [-0.15, -0.1) is 5.10 Å². The second-order valence-corrected chi connectivity index (χ2v) is 5.03. The second-order valence-electron chi connectivity index (χ2n) is 4.11. The van der Waals surface area contributed by atoms with Crippen molar-refractivity contribution in [1.82, 2.24) is 15.0 Å². The third kappa shape index (κ3) is 2.92. The molecule has 0 spiro atoms. The van der Waals surface area contributed by atoms with Crippen LogP contribution in [0.4, 0.5) is 13.2 Å². The molecular formula is C12H9BrF3N3O2. The summed E-state index contributed by atoms with van der Waals surface area (Å²) in [5.74, 6) is -1.33. The minimum absolute atomic E-state index is 0.107. The maximum Gasteiger partial charge on any atom is 0.418 e. The molecule has 0 saturated heterocycles. The Hall–Kier alpha value is -1.90. The molecule has 5 nitrogen and oxygen atoms in total. The van der Waals surface area contributed by atoms with Gasteiger partial charge < -0.3 is 5.11 Å². The molecule has 0 amide bonds. The molecule has 1 aromatic carbocycles. The summed E-state index contributed by atoms with van der Waals surface area (Å²) < 4.78 is 40.5. The number of carboxylic acids is 1. The molecule has 1 aromatic heterocycles. The Bertz CT molecular complexity index is 698. The number of alkyl halides is 3. The first-order valence-electron chi connectivity index (χ1n) is 5.80. The summed E-state index contributed by atoms with van der Waals surface area (Å²) in [6.07, 6.45) is -4.42. The number of halogens is 4. The van der Waals surface area contributed by atoms with Crippen LogP contribution >= 0.6 is 15.9 Å². The molecule has 0 saturated carbocycles. The molecule has 9 heteroatoms. The molecule has 0 fully saturated rings. The SMILES string of the molecule is CCc1c(C(=O)O)nnn1-c1ccc(Br)cc1C(F)(F)F. The van der Waals surface area contributed by atoms with Gasteiger partial charge in [-0.05, 0) is 24.6 Å². The third-order valence-corrected chi connectivity index (χ3v) is 3.29. The highest BCUT2D eigenvalue weighted by Gasteiger charge is 2.35. The van der Waals surface area contributed by atoms with Crippen LogP contribution < -0.4 is 0 Å². The van der Waals surface area contributed by atoms with E-state index in [1.54, 1.807) is 6.92 Å². The van der Waals surface area contributed by atoms with Crippen molar-refractivity contribution in [3.8, 4) is 5.69 Å². The van der Waals surface area contributed by atoms with E-state index in [1.165, 1.54) is 12.1 Å². The van der Waals surface area contributed by atoms with Crippen LogP contribution in [0.2, 0.25) is 0 Å². The Morgan fingerprint density at radius 3 is 2.62 bits per heavy atom. The number of rotatable bonds is 3. The molecule has 0 atom stereocenters. The van der Waals surface area contributed by atoms with Gasteiger partial charge >= 0.3 is 12.1 Å². The molecule has 0 radical (unpaired) electrons. The Kier molecular flexibility index (Phi) is 4.04. The van der Waals surface area contributed by atoms with Crippen molar-refractivity contribution >= 4 is 21.9 Å². The van der Waals surface area contributed by atoms with E-state index >= 15 is 0 Å². The van der Waals surface area contributed by atoms with Gasteiger partial charge in [0.05, 0.1) is 16.9 Å². The molecule has 21 heavy (non-hydrogen) atoms. The van der Waals surface area contributed by atoms with Crippen LogP contribution in [0.15, 0.2) is 22.7 Å². The third-order valence-electron chi connectivity index (χ3n) is 2.79. The van der Waals surface area contributed by atoms with Crippen LogP contribution in [-0.2, 0) is 12.6 Å². The van der Waals surface area contributed by atoms with E-state index in [0.717, 1.165) is 10.7 Å². The second kappa shape index (κ2) is 5.47. The number of carboxylic acid groups (broad SMARTS) is 1. The number of hydrogen-bond donors (Lipinski definition) is 1. The number of benzene rings is 1. The zero-order valence-corrected chi connectivity index (χ0v) is 12.2. The Morgan fingerprint density at radius 1 is 1.43 bits per heavy atom. The molecular weight excluding hydrogens is 355 g/mol. The lowest BCUT2D eigenvalue weighted by atomic mass is 10.1. The van der Waals surface area contributed by atoms with Gasteiger partial charge in [0.1, 0.15) is 0 Å². The predicted molar refractivity (Wildman–Crippen MR) is 70.4 cm³/mol. The Morgan fingerprint density at radius 2 is 2.10 bits per heavy atom. The first-order chi connectivity index (χ1) is 9.75. The number of aromatic nitrogens is 3.